The average Bonchev–Trinajstić information content (AvgIpc) is 2.67. The molecule has 1 amide bonds. The first-order chi connectivity index (χ1) is 12.2. The minimum atomic E-state index is 0. The molecule has 0 aliphatic carbocycles. The van der Waals surface area contributed by atoms with Gasteiger partial charge in [0.15, 0.2) is 0 Å². The van der Waals surface area contributed by atoms with Crippen molar-refractivity contribution in [2.45, 2.75) is 58.0 Å². The maximum absolute atomic E-state index is 12.6. The van der Waals surface area contributed by atoms with Gasteiger partial charge in [-0.25, -0.2) is 0 Å². The highest BCUT2D eigenvalue weighted by molar-refractivity contribution is 5.94. The fraction of sp³-hybridized carbons (Fsp3) is 0.667. The normalized spacial score (nSPS) is 22.1. The molecule has 0 bridgehead atoms. The molecule has 2 saturated heterocycles. The molecule has 5 heteroatoms. The second-order valence-electron chi connectivity index (χ2n) is 7.81. The van der Waals surface area contributed by atoms with Crippen LogP contribution in [0.3, 0.4) is 0 Å². The molecule has 1 aromatic carbocycles. The lowest BCUT2D eigenvalue weighted by Crippen LogP contribution is -2.41. The monoisotopic (exact) mass is 379 g/mol. The molecule has 2 heterocycles. The molecule has 2 aliphatic rings. The lowest BCUT2D eigenvalue weighted by molar-refractivity contribution is 0.0673. The lowest BCUT2D eigenvalue weighted by atomic mass is 9.92. The van der Waals surface area contributed by atoms with Crippen LogP contribution >= 0.6 is 12.4 Å². The zero-order chi connectivity index (χ0) is 17.6. The fourth-order valence-electron chi connectivity index (χ4n) is 4.23. The molecule has 1 aromatic rings. The largest absolute Gasteiger partial charge is 0.339 e. The Balaban J connectivity index is 0.00000243. The van der Waals surface area contributed by atoms with Crippen LogP contribution in [-0.4, -0.2) is 47.9 Å². The summed E-state index contributed by atoms with van der Waals surface area (Å²) in [6.07, 6.45) is 7.70. The van der Waals surface area contributed by atoms with Crippen LogP contribution in [0.1, 0.15) is 61.4 Å². The number of benzene rings is 1. The number of carbonyl (C=O) groups excluding carboxylic acids is 1. The first-order valence-electron chi connectivity index (χ1n) is 9.99. The first-order valence-corrected chi connectivity index (χ1v) is 9.99. The summed E-state index contributed by atoms with van der Waals surface area (Å²) in [6.45, 7) is 7.21. The van der Waals surface area contributed by atoms with Crippen LogP contribution < -0.4 is 5.73 Å². The van der Waals surface area contributed by atoms with Gasteiger partial charge in [0.25, 0.3) is 5.91 Å². The Morgan fingerprint density at radius 3 is 2.38 bits per heavy atom. The molecule has 1 atom stereocenters. The third-order valence-corrected chi connectivity index (χ3v) is 6.10. The van der Waals surface area contributed by atoms with Crippen molar-refractivity contribution in [2.24, 2.45) is 11.7 Å². The van der Waals surface area contributed by atoms with E-state index in [9.17, 15) is 4.79 Å². The van der Waals surface area contributed by atoms with E-state index in [-0.39, 0.29) is 18.3 Å². The van der Waals surface area contributed by atoms with Crippen molar-refractivity contribution in [3.8, 4) is 0 Å². The molecule has 3 rings (SSSR count). The van der Waals surface area contributed by atoms with E-state index in [4.69, 9.17) is 5.73 Å². The number of nitrogens with two attached hydrogens (primary N) is 1. The highest BCUT2D eigenvalue weighted by Crippen LogP contribution is 2.24. The van der Waals surface area contributed by atoms with Crippen molar-refractivity contribution in [1.29, 1.82) is 0 Å². The van der Waals surface area contributed by atoms with Crippen molar-refractivity contribution in [1.82, 2.24) is 9.80 Å². The van der Waals surface area contributed by atoms with Crippen LogP contribution in [0, 0.1) is 5.92 Å². The molecule has 1 unspecified atom stereocenters. The first kappa shape index (κ1) is 21.2. The van der Waals surface area contributed by atoms with Gasteiger partial charge in [0.2, 0.25) is 0 Å². The number of hydrogen-bond acceptors (Lipinski definition) is 3. The van der Waals surface area contributed by atoms with E-state index < -0.39 is 0 Å². The van der Waals surface area contributed by atoms with Gasteiger partial charge in [0.05, 0.1) is 0 Å². The summed E-state index contributed by atoms with van der Waals surface area (Å²) in [5.74, 6) is 0.949. The van der Waals surface area contributed by atoms with Gasteiger partial charge in [-0.3, -0.25) is 4.79 Å². The molecule has 0 aromatic heterocycles. The topological polar surface area (TPSA) is 49.6 Å². The van der Waals surface area contributed by atoms with Crippen molar-refractivity contribution in [3.05, 3.63) is 35.4 Å². The van der Waals surface area contributed by atoms with Crippen molar-refractivity contribution in [2.75, 3.05) is 26.2 Å². The smallest absolute Gasteiger partial charge is 0.253 e. The highest BCUT2D eigenvalue weighted by Gasteiger charge is 2.25. The van der Waals surface area contributed by atoms with Gasteiger partial charge in [0, 0.05) is 31.2 Å². The predicted octanol–water partition coefficient (Wildman–Crippen LogP) is 3.68. The predicted molar refractivity (Wildman–Crippen MR) is 110 cm³/mol. The highest BCUT2D eigenvalue weighted by atomic mass is 35.5. The molecule has 0 radical (unpaired) electrons. The van der Waals surface area contributed by atoms with Crippen LogP contribution in [-0.2, 0) is 6.54 Å². The van der Waals surface area contributed by atoms with Gasteiger partial charge >= 0.3 is 0 Å². The Labute approximate surface area is 164 Å². The third kappa shape index (κ3) is 5.45. The van der Waals surface area contributed by atoms with Crippen LogP contribution in [0.25, 0.3) is 0 Å². The Morgan fingerprint density at radius 1 is 1.08 bits per heavy atom. The number of nitrogens with zero attached hydrogens (tertiary/aromatic N) is 2. The number of likely N-dealkylation sites (tertiary alicyclic amines) is 2. The molecule has 2 N–H and O–H groups in total. The molecular weight excluding hydrogens is 346 g/mol. The van der Waals surface area contributed by atoms with Gasteiger partial charge < -0.3 is 15.5 Å². The van der Waals surface area contributed by atoms with E-state index in [1.54, 1.807) is 0 Å². The van der Waals surface area contributed by atoms with E-state index in [0.717, 1.165) is 49.0 Å². The number of rotatable bonds is 5. The van der Waals surface area contributed by atoms with Crippen LogP contribution in [0.5, 0.6) is 0 Å². The molecule has 0 spiro atoms. The average molecular weight is 380 g/mol. The number of piperidine rings is 2. The van der Waals surface area contributed by atoms with E-state index in [1.165, 1.54) is 38.8 Å². The van der Waals surface area contributed by atoms with Gasteiger partial charge in [-0.2, -0.15) is 0 Å². The zero-order valence-corrected chi connectivity index (χ0v) is 16.8. The number of amides is 1. The molecule has 2 aliphatic heterocycles. The summed E-state index contributed by atoms with van der Waals surface area (Å²) in [4.78, 5) is 17.3. The summed E-state index contributed by atoms with van der Waals surface area (Å²) < 4.78 is 0. The number of halogens is 1. The van der Waals surface area contributed by atoms with E-state index in [0.29, 0.717) is 6.54 Å². The Kier molecular flexibility index (Phi) is 8.39. The van der Waals surface area contributed by atoms with Crippen molar-refractivity contribution < 1.29 is 4.79 Å². The van der Waals surface area contributed by atoms with E-state index in [1.807, 2.05) is 29.2 Å². The van der Waals surface area contributed by atoms with Crippen LogP contribution in [0.2, 0.25) is 0 Å². The lowest BCUT2D eigenvalue weighted by Gasteiger charge is -2.36. The third-order valence-electron chi connectivity index (χ3n) is 6.10. The van der Waals surface area contributed by atoms with Crippen molar-refractivity contribution >= 4 is 18.3 Å². The van der Waals surface area contributed by atoms with Crippen LogP contribution in [0.15, 0.2) is 24.3 Å². The van der Waals surface area contributed by atoms with Crippen LogP contribution in [0.4, 0.5) is 0 Å². The van der Waals surface area contributed by atoms with E-state index >= 15 is 0 Å². The SMILES string of the molecule is CC1CCCCN1CCC1CCN(C(=O)c2ccc(CN)cc2)CC1.Cl. The molecule has 146 valence electrons. The molecule has 4 nitrogen and oxygen atoms in total. The molecule has 0 saturated carbocycles. The fourth-order valence-corrected chi connectivity index (χ4v) is 4.23. The summed E-state index contributed by atoms with van der Waals surface area (Å²) in [5, 5.41) is 0. The second-order valence-corrected chi connectivity index (χ2v) is 7.81. The molecular formula is C21H34ClN3O. The summed E-state index contributed by atoms with van der Waals surface area (Å²) >= 11 is 0. The Morgan fingerprint density at radius 2 is 1.77 bits per heavy atom. The minimum absolute atomic E-state index is 0. The molecule has 2 fully saturated rings. The Hall–Kier alpha value is -1.10. The molecule has 26 heavy (non-hydrogen) atoms. The Bertz CT molecular complexity index is 555. The van der Waals surface area contributed by atoms with Gasteiger partial charge in [-0.05, 0) is 75.7 Å². The van der Waals surface area contributed by atoms with Crippen molar-refractivity contribution in [3.63, 3.8) is 0 Å². The summed E-state index contributed by atoms with van der Waals surface area (Å²) in [6, 6.07) is 8.49. The number of hydrogen-bond donors (Lipinski definition) is 1. The summed E-state index contributed by atoms with van der Waals surface area (Å²) in [7, 11) is 0. The summed E-state index contributed by atoms with van der Waals surface area (Å²) in [5.41, 5.74) is 7.49. The zero-order valence-electron chi connectivity index (χ0n) is 16.0. The van der Waals surface area contributed by atoms with Gasteiger partial charge in [-0.1, -0.05) is 18.6 Å². The maximum Gasteiger partial charge on any atom is 0.253 e. The second kappa shape index (κ2) is 10.3. The quantitative estimate of drug-likeness (QED) is 0.848. The number of carbonyl (C=O) groups is 1. The van der Waals surface area contributed by atoms with Gasteiger partial charge in [0.1, 0.15) is 0 Å². The minimum Gasteiger partial charge on any atom is -0.339 e. The maximum atomic E-state index is 12.6. The standard InChI is InChI=1S/C21H33N3O.ClH/c1-17-4-2-3-12-23(17)13-9-18-10-14-24(15-11-18)21(25)20-7-5-19(16-22)6-8-20;/h5-8,17-18H,2-4,9-16,22H2,1H3;1H. The van der Waals surface area contributed by atoms with Gasteiger partial charge in [-0.15, -0.1) is 12.4 Å². The van der Waals surface area contributed by atoms with E-state index in [2.05, 4.69) is 11.8 Å².